The van der Waals surface area contributed by atoms with Crippen molar-refractivity contribution < 1.29 is 0 Å². The van der Waals surface area contributed by atoms with E-state index in [1.54, 1.807) is 12.1 Å². The van der Waals surface area contributed by atoms with Gasteiger partial charge in [-0.2, -0.15) is 0 Å². The number of benzene rings is 1. The average Bonchev–Trinajstić information content (AvgIpc) is 1.77. The summed E-state index contributed by atoms with van der Waals surface area (Å²) in [6.45, 7) is 0. The maximum absolute atomic E-state index is 5.58. The predicted octanol–water partition coefficient (Wildman–Crippen LogP) is 2.34. The lowest BCUT2D eigenvalue weighted by Gasteiger charge is -1.91. The second kappa shape index (κ2) is 3.59. The van der Waals surface area contributed by atoms with Crippen LogP contribution in [0.2, 0.25) is 5.02 Å². The van der Waals surface area contributed by atoms with Crippen LogP contribution in [0.3, 0.4) is 0 Å². The van der Waals surface area contributed by atoms with Gasteiger partial charge in [-0.1, -0.05) is 23.7 Å². The summed E-state index contributed by atoms with van der Waals surface area (Å²) in [4.78, 5) is 0. The molecule has 50 valence electrons. The van der Waals surface area contributed by atoms with Gasteiger partial charge in [0, 0.05) is 0 Å². The number of nitrogens with two attached hydrogens (primary N) is 1. The van der Waals surface area contributed by atoms with Crippen molar-refractivity contribution in [3.8, 4) is 0 Å². The van der Waals surface area contributed by atoms with Crippen molar-refractivity contribution in [2.45, 2.75) is 0 Å². The lowest BCUT2D eigenvalue weighted by molar-refractivity contribution is 1.68. The van der Waals surface area contributed by atoms with Crippen molar-refractivity contribution >= 4 is 29.7 Å². The van der Waals surface area contributed by atoms with Crippen LogP contribution in [0, 0.1) is 0 Å². The summed E-state index contributed by atoms with van der Waals surface area (Å²) in [5, 5.41) is 0.618. The summed E-state index contributed by atoms with van der Waals surface area (Å²) in [7, 11) is 0. The number of halogens is 2. The normalized spacial score (nSPS) is 8.11. The van der Waals surface area contributed by atoms with E-state index in [1.807, 2.05) is 12.1 Å². The molecule has 1 nitrogen and oxygen atoms in total. The van der Waals surface area contributed by atoms with E-state index in [2.05, 4.69) is 0 Å². The van der Waals surface area contributed by atoms with E-state index in [4.69, 9.17) is 17.3 Å². The van der Waals surface area contributed by atoms with Gasteiger partial charge in [-0.3, -0.25) is 0 Å². The molecule has 0 radical (unpaired) electrons. The third kappa shape index (κ3) is 2.12. The quantitative estimate of drug-likeness (QED) is 0.594. The molecule has 1 aromatic rings. The smallest absolute Gasteiger partial charge is 0.0635 e. The Morgan fingerprint density at radius 1 is 1.22 bits per heavy atom. The van der Waals surface area contributed by atoms with E-state index in [0.29, 0.717) is 10.7 Å². The lowest BCUT2D eigenvalue weighted by Crippen LogP contribution is -1.82. The molecule has 1 aromatic carbocycles. The molecule has 0 aromatic heterocycles. The molecule has 0 heterocycles. The van der Waals surface area contributed by atoms with E-state index in [1.165, 1.54) is 0 Å². The van der Waals surface area contributed by atoms with Crippen LogP contribution in [0.1, 0.15) is 0 Å². The molecular weight excluding hydrogens is 163 g/mol. The number of para-hydroxylation sites is 1. The number of anilines is 1. The maximum Gasteiger partial charge on any atom is 0.0635 e. The fourth-order valence-corrected chi connectivity index (χ4v) is 0.611. The van der Waals surface area contributed by atoms with E-state index in [-0.39, 0.29) is 12.4 Å². The maximum atomic E-state index is 5.58. The Balaban J connectivity index is 0.000000640. The van der Waals surface area contributed by atoms with Gasteiger partial charge in [-0.15, -0.1) is 12.4 Å². The Labute approximate surface area is 65.2 Å². The molecule has 1 rings (SSSR count). The van der Waals surface area contributed by atoms with Crippen molar-refractivity contribution in [3.63, 3.8) is 0 Å². The lowest BCUT2D eigenvalue weighted by atomic mass is 11.3. The van der Waals surface area contributed by atoms with Crippen LogP contribution in [-0.4, -0.2) is 0 Å². The first kappa shape index (κ1) is 8.60. The van der Waals surface area contributed by atoms with Gasteiger partial charge in [0.1, 0.15) is 0 Å². The molecular formula is C6H7Cl2N. The fourth-order valence-electron chi connectivity index (χ4n) is 0.475. The highest BCUT2D eigenvalue weighted by atomic mass is 35.5. The Morgan fingerprint density at radius 2 is 1.78 bits per heavy atom. The number of rotatable bonds is 0. The molecule has 2 N–H and O–H groups in total. The van der Waals surface area contributed by atoms with Crippen LogP contribution < -0.4 is 5.73 Å². The van der Waals surface area contributed by atoms with Gasteiger partial charge in [0.05, 0.1) is 10.7 Å². The van der Waals surface area contributed by atoms with Crippen molar-refractivity contribution in [2.75, 3.05) is 5.73 Å². The Morgan fingerprint density at radius 3 is 2.11 bits per heavy atom. The molecule has 0 saturated carbocycles. The molecule has 0 atom stereocenters. The van der Waals surface area contributed by atoms with Crippen LogP contribution in [-0.2, 0) is 0 Å². The molecule has 0 aliphatic carbocycles. The van der Waals surface area contributed by atoms with Gasteiger partial charge in [-0.05, 0) is 12.1 Å². The van der Waals surface area contributed by atoms with E-state index >= 15 is 0 Å². The molecule has 9 heavy (non-hydrogen) atoms. The van der Waals surface area contributed by atoms with Gasteiger partial charge in [0.2, 0.25) is 0 Å². The molecule has 0 unspecified atom stereocenters. The standard InChI is InChI=1S/C6H6ClN.ClH/c7-5-3-1-2-4-6(5)8;/h1-4H,8H2;1H/i1+1,2+1,3+1,4+1,5+1,6+1;. The van der Waals surface area contributed by atoms with Crippen molar-refractivity contribution in [1.82, 2.24) is 0 Å². The SMILES string of the molecule is Cl.N[13c]1[13cH][13cH][13cH][13cH][13c]1Cl. The summed E-state index contributed by atoms with van der Waals surface area (Å²) in [5.74, 6) is 0. The zero-order valence-electron chi connectivity index (χ0n) is 4.67. The minimum absolute atomic E-state index is 0. The van der Waals surface area contributed by atoms with Crippen LogP contribution in [0.25, 0.3) is 0 Å². The van der Waals surface area contributed by atoms with Crippen LogP contribution in [0.4, 0.5) is 5.69 Å². The summed E-state index contributed by atoms with van der Waals surface area (Å²) >= 11 is 5.58. The summed E-state index contributed by atoms with van der Waals surface area (Å²) in [6, 6.07) is 7.22. The van der Waals surface area contributed by atoms with Gasteiger partial charge in [-0.25, -0.2) is 0 Å². The Bertz CT molecular complexity index is 167. The zero-order chi connectivity index (χ0) is 5.98. The predicted molar refractivity (Wildman–Crippen MR) is 43.1 cm³/mol. The molecule has 0 fully saturated rings. The summed E-state index contributed by atoms with van der Waals surface area (Å²) in [6.07, 6.45) is 0. The van der Waals surface area contributed by atoms with Crippen LogP contribution in [0.15, 0.2) is 24.3 Å². The average molecular weight is 170 g/mol. The van der Waals surface area contributed by atoms with Gasteiger partial charge >= 0.3 is 0 Å². The Hall–Kier alpha value is -0.400. The first-order valence-corrected chi connectivity index (χ1v) is 2.68. The number of hydrogen-bond acceptors (Lipinski definition) is 1. The van der Waals surface area contributed by atoms with Crippen molar-refractivity contribution in [3.05, 3.63) is 29.3 Å². The van der Waals surface area contributed by atoms with E-state index in [0.717, 1.165) is 0 Å². The largest absolute Gasteiger partial charge is 0.398 e. The molecule has 0 aliphatic heterocycles. The molecule has 0 saturated heterocycles. The van der Waals surface area contributed by atoms with Gasteiger partial charge in [0.15, 0.2) is 0 Å². The molecule has 0 spiro atoms. The van der Waals surface area contributed by atoms with Gasteiger partial charge < -0.3 is 5.73 Å². The first-order chi connectivity index (χ1) is 3.80. The number of hydrogen-bond donors (Lipinski definition) is 1. The first-order valence-electron chi connectivity index (χ1n) is 2.31. The summed E-state index contributed by atoms with van der Waals surface area (Å²) in [5.41, 5.74) is 6.02. The fraction of sp³-hybridized carbons (Fsp3) is 0. The second-order valence-corrected chi connectivity index (χ2v) is 1.93. The van der Waals surface area contributed by atoms with E-state index < -0.39 is 0 Å². The highest BCUT2D eigenvalue weighted by Gasteiger charge is 1.87. The highest BCUT2D eigenvalue weighted by Crippen LogP contribution is 2.15. The monoisotopic (exact) mass is 169 g/mol. The van der Waals surface area contributed by atoms with Crippen LogP contribution in [0.5, 0.6) is 0 Å². The molecule has 3 heteroatoms. The topological polar surface area (TPSA) is 26.0 Å². The molecule has 0 bridgehead atoms. The second-order valence-electron chi connectivity index (χ2n) is 1.52. The van der Waals surface area contributed by atoms with Crippen molar-refractivity contribution in [1.29, 1.82) is 0 Å². The molecule has 0 aliphatic rings. The Kier molecular flexibility index (Phi) is 3.43. The zero-order valence-corrected chi connectivity index (χ0v) is 6.25. The summed E-state index contributed by atoms with van der Waals surface area (Å²) < 4.78 is 0. The highest BCUT2D eigenvalue weighted by molar-refractivity contribution is 6.33. The third-order valence-electron chi connectivity index (χ3n) is 0.905. The minimum Gasteiger partial charge on any atom is -0.398 e. The third-order valence-corrected chi connectivity index (χ3v) is 1.25. The van der Waals surface area contributed by atoms with E-state index in [9.17, 15) is 0 Å². The minimum atomic E-state index is 0. The van der Waals surface area contributed by atoms with Crippen molar-refractivity contribution in [2.24, 2.45) is 0 Å². The molecule has 0 amide bonds. The van der Waals surface area contributed by atoms with Gasteiger partial charge in [0.25, 0.3) is 0 Å². The van der Waals surface area contributed by atoms with Crippen LogP contribution >= 0.6 is 24.0 Å². The number of nitrogen functional groups attached to an aromatic ring is 1.